The molecule has 24 heavy (non-hydrogen) atoms. The van der Waals surface area contributed by atoms with Gasteiger partial charge in [0.2, 0.25) is 17.6 Å². The quantitative estimate of drug-likeness (QED) is 0.767. The second-order valence-corrected chi connectivity index (χ2v) is 6.33. The number of halogens is 1. The van der Waals surface area contributed by atoms with Gasteiger partial charge in [-0.15, -0.1) is 6.58 Å². The van der Waals surface area contributed by atoms with Crippen LogP contribution in [0, 0.1) is 0 Å². The van der Waals surface area contributed by atoms with Gasteiger partial charge in [0.05, 0.1) is 5.02 Å². The fourth-order valence-electron chi connectivity index (χ4n) is 2.91. The highest BCUT2D eigenvalue weighted by Crippen LogP contribution is 2.30. The van der Waals surface area contributed by atoms with Crippen LogP contribution in [0.25, 0.3) is 11.4 Å². The summed E-state index contributed by atoms with van der Waals surface area (Å²) in [7, 11) is 0. The summed E-state index contributed by atoms with van der Waals surface area (Å²) in [6.07, 6.45) is 4.71. The SMILES string of the molecule is C=CCCC(=O)N1CCC(c2nc(-c3ccccc3Cl)no2)CC1. The van der Waals surface area contributed by atoms with E-state index in [-0.39, 0.29) is 11.8 Å². The number of hydrogen-bond donors (Lipinski definition) is 0. The third-order valence-corrected chi connectivity index (χ3v) is 4.65. The Morgan fingerprint density at radius 1 is 1.38 bits per heavy atom. The topological polar surface area (TPSA) is 59.2 Å². The van der Waals surface area contributed by atoms with E-state index in [1.807, 2.05) is 23.1 Å². The number of carbonyl (C=O) groups excluding carboxylic acids is 1. The highest BCUT2D eigenvalue weighted by Gasteiger charge is 2.27. The van der Waals surface area contributed by atoms with E-state index in [9.17, 15) is 4.79 Å². The Bertz CT molecular complexity index is 721. The Morgan fingerprint density at radius 3 is 2.83 bits per heavy atom. The second-order valence-electron chi connectivity index (χ2n) is 5.92. The molecule has 5 nitrogen and oxygen atoms in total. The number of rotatable bonds is 5. The summed E-state index contributed by atoms with van der Waals surface area (Å²) in [6, 6.07) is 7.44. The third kappa shape index (κ3) is 3.67. The number of allylic oxidation sites excluding steroid dienone is 1. The summed E-state index contributed by atoms with van der Waals surface area (Å²) in [5.41, 5.74) is 0.770. The van der Waals surface area contributed by atoms with Crippen LogP contribution in [0.3, 0.4) is 0 Å². The lowest BCUT2D eigenvalue weighted by Gasteiger charge is -2.30. The molecule has 0 N–H and O–H groups in total. The van der Waals surface area contributed by atoms with Crippen LogP contribution >= 0.6 is 11.6 Å². The molecule has 0 spiro atoms. The lowest BCUT2D eigenvalue weighted by Crippen LogP contribution is -2.37. The highest BCUT2D eigenvalue weighted by molar-refractivity contribution is 6.33. The Morgan fingerprint density at radius 2 is 2.12 bits per heavy atom. The van der Waals surface area contributed by atoms with E-state index in [2.05, 4.69) is 16.7 Å². The van der Waals surface area contributed by atoms with Crippen LogP contribution in [0.4, 0.5) is 0 Å². The maximum atomic E-state index is 12.0. The monoisotopic (exact) mass is 345 g/mol. The Labute approximate surface area is 146 Å². The first-order valence-electron chi connectivity index (χ1n) is 8.16. The van der Waals surface area contributed by atoms with E-state index >= 15 is 0 Å². The molecule has 1 saturated heterocycles. The molecule has 2 heterocycles. The summed E-state index contributed by atoms with van der Waals surface area (Å²) in [5, 5.41) is 4.66. The van der Waals surface area contributed by atoms with Crippen LogP contribution < -0.4 is 0 Å². The summed E-state index contributed by atoms with van der Waals surface area (Å²) < 4.78 is 5.44. The lowest BCUT2D eigenvalue weighted by atomic mass is 9.96. The zero-order valence-electron chi connectivity index (χ0n) is 13.4. The summed E-state index contributed by atoms with van der Waals surface area (Å²) in [5.74, 6) is 1.52. The first kappa shape index (κ1) is 16.7. The average Bonchev–Trinajstić information content (AvgIpc) is 3.10. The number of benzene rings is 1. The average molecular weight is 346 g/mol. The number of nitrogens with zero attached hydrogens (tertiary/aromatic N) is 3. The van der Waals surface area contributed by atoms with Crippen molar-refractivity contribution < 1.29 is 9.32 Å². The van der Waals surface area contributed by atoms with E-state index in [4.69, 9.17) is 16.1 Å². The van der Waals surface area contributed by atoms with Gasteiger partial charge in [0, 0.05) is 31.0 Å². The molecule has 1 aliphatic rings. The maximum Gasteiger partial charge on any atom is 0.230 e. The van der Waals surface area contributed by atoms with Crippen molar-refractivity contribution in [1.29, 1.82) is 0 Å². The number of likely N-dealkylation sites (tertiary alicyclic amines) is 1. The normalized spacial score (nSPS) is 15.5. The first-order valence-corrected chi connectivity index (χ1v) is 8.54. The predicted octanol–water partition coefficient (Wildman–Crippen LogP) is 4.06. The van der Waals surface area contributed by atoms with Crippen LogP contribution in [-0.4, -0.2) is 34.0 Å². The molecular formula is C18H20ClN3O2. The molecule has 126 valence electrons. The summed E-state index contributed by atoms with van der Waals surface area (Å²) in [6.45, 7) is 5.11. The van der Waals surface area contributed by atoms with Crippen LogP contribution in [0.15, 0.2) is 41.4 Å². The molecule has 0 saturated carbocycles. The standard InChI is InChI=1S/C18H20ClN3O2/c1-2-3-8-16(23)22-11-9-13(10-12-22)18-20-17(21-24-18)14-6-4-5-7-15(14)19/h2,4-7,13H,1,3,8-12H2. The van der Waals surface area contributed by atoms with Gasteiger partial charge in [-0.1, -0.05) is 35.0 Å². The van der Waals surface area contributed by atoms with Gasteiger partial charge in [-0.05, 0) is 31.4 Å². The zero-order chi connectivity index (χ0) is 16.9. The van der Waals surface area contributed by atoms with Crippen molar-refractivity contribution in [2.24, 2.45) is 0 Å². The maximum absolute atomic E-state index is 12.0. The van der Waals surface area contributed by atoms with Gasteiger partial charge >= 0.3 is 0 Å². The van der Waals surface area contributed by atoms with E-state index < -0.39 is 0 Å². The molecule has 1 aromatic carbocycles. The molecule has 0 unspecified atom stereocenters. The van der Waals surface area contributed by atoms with Crippen molar-refractivity contribution in [2.45, 2.75) is 31.6 Å². The molecule has 6 heteroatoms. The van der Waals surface area contributed by atoms with Crippen molar-refractivity contribution in [3.05, 3.63) is 47.8 Å². The number of carbonyl (C=O) groups is 1. The van der Waals surface area contributed by atoms with Crippen molar-refractivity contribution in [3.63, 3.8) is 0 Å². The molecule has 0 radical (unpaired) electrons. The van der Waals surface area contributed by atoms with Crippen LogP contribution in [0.2, 0.25) is 5.02 Å². The molecule has 0 atom stereocenters. The molecule has 0 aliphatic carbocycles. The number of amides is 1. The minimum atomic E-state index is 0.190. The fraction of sp³-hybridized carbons (Fsp3) is 0.389. The van der Waals surface area contributed by atoms with Gasteiger partial charge in [0.25, 0.3) is 0 Å². The molecule has 1 aromatic heterocycles. The number of piperidine rings is 1. The number of hydrogen-bond acceptors (Lipinski definition) is 4. The first-order chi connectivity index (χ1) is 11.7. The minimum absolute atomic E-state index is 0.190. The van der Waals surface area contributed by atoms with Gasteiger partial charge in [-0.2, -0.15) is 4.98 Å². The molecule has 1 fully saturated rings. The van der Waals surface area contributed by atoms with Crippen molar-refractivity contribution in [2.75, 3.05) is 13.1 Å². The van der Waals surface area contributed by atoms with Gasteiger partial charge in [-0.3, -0.25) is 4.79 Å². The van der Waals surface area contributed by atoms with E-state index in [1.165, 1.54) is 0 Å². The van der Waals surface area contributed by atoms with E-state index in [0.29, 0.717) is 23.2 Å². The van der Waals surface area contributed by atoms with Gasteiger partial charge in [-0.25, -0.2) is 0 Å². The van der Waals surface area contributed by atoms with Crippen molar-refractivity contribution in [1.82, 2.24) is 15.0 Å². The van der Waals surface area contributed by atoms with Gasteiger partial charge < -0.3 is 9.42 Å². The largest absolute Gasteiger partial charge is 0.343 e. The molecule has 1 aliphatic heterocycles. The molecule has 1 amide bonds. The summed E-state index contributed by atoms with van der Waals surface area (Å²) >= 11 is 6.18. The predicted molar refractivity (Wildman–Crippen MR) is 92.7 cm³/mol. The third-order valence-electron chi connectivity index (χ3n) is 4.32. The van der Waals surface area contributed by atoms with E-state index in [1.54, 1.807) is 12.1 Å². The Hall–Kier alpha value is -2.14. The summed E-state index contributed by atoms with van der Waals surface area (Å²) in [4.78, 5) is 18.5. The van der Waals surface area contributed by atoms with Gasteiger partial charge in [0.15, 0.2) is 0 Å². The fourth-order valence-corrected chi connectivity index (χ4v) is 3.13. The molecule has 3 rings (SSSR count). The molecule has 0 bridgehead atoms. The molecule has 2 aromatic rings. The van der Waals surface area contributed by atoms with Crippen LogP contribution in [0.5, 0.6) is 0 Å². The van der Waals surface area contributed by atoms with Crippen LogP contribution in [-0.2, 0) is 4.79 Å². The second kappa shape index (κ2) is 7.62. The smallest absolute Gasteiger partial charge is 0.230 e. The van der Waals surface area contributed by atoms with Crippen molar-refractivity contribution >= 4 is 17.5 Å². The number of aromatic nitrogens is 2. The lowest BCUT2D eigenvalue weighted by molar-refractivity contribution is -0.132. The highest BCUT2D eigenvalue weighted by atomic mass is 35.5. The zero-order valence-corrected chi connectivity index (χ0v) is 14.2. The minimum Gasteiger partial charge on any atom is -0.343 e. The van der Waals surface area contributed by atoms with Crippen molar-refractivity contribution in [3.8, 4) is 11.4 Å². The molecular weight excluding hydrogens is 326 g/mol. The Balaban J connectivity index is 1.62. The van der Waals surface area contributed by atoms with Gasteiger partial charge in [0.1, 0.15) is 0 Å². The van der Waals surface area contributed by atoms with Crippen LogP contribution in [0.1, 0.15) is 37.5 Å². The Kier molecular flexibility index (Phi) is 5.30. The van der Waals surface area contributed by atoms with E-state index in [0.717, 1.165) is 37.9 Å².